The van der Waals surface area contributed by atoms with Crippen LogP contribution in [-0.4, -0.2) is 21.2 Å². The van der Waals surface area contributed by atoms with E-state index in [1.165, 1.54) is 36.4 Å². The summed E-state index contributed by atoms with van der Waals surface area (Å²) in [6.07, 6.45) is 0. The first kappa shape index (κ1) is 15.1. The third-order valence-corrected chi connectivity index (χ3v) is 4.28. The topological polar surface area (TPSA) is 70.4 Å². The van der Waals surface area contributed by atoms with Crippen LogP contribution in [0.1, 0.15) is 10.4 Å². The van der Waals surface area contributed by atoms with Crippen molar-refractivity contribution in [3.8, 4) is 26.9 Å². The molecule has 2 N–H and O–H groups in total. The number of aromatic hydroxyl groups is 1. The lowest BCUT2D eigenvalue weighted by Gasteiger charge is -2.03. The van der Waals surface area contributed by atoms with Crippen molar-refractivity contribution in [2.24, 2.45) is 0 Å². The normalized spacial score (nSPS) is 10.7. The van der Waals surface area contributed by atoms with Gasteiger partial charge in [-0.05, 0) is 29.8 Å². The number of carbonyl (C=O) groups is 1. The molecule has 7 heteroatoms. The highest BCUT2D eigenvalue weighted by molar-refractivity contribution is 7.18. The molecular formula is C16H9F2NO3S. The minimum atomic E-state index is -1.29. The molecule has 0 unspecified atom stereocenters. The first-order valence-corrected chi connectivity index (χ1v) is 7.27. The molecule has 0 saturated heterocycles. The van der Waals surface area contributed by atoms with Crippen molar-refractivity contribution >= 4 is 17.3 Å². The Labute approximate surface area is 133 Å². The number of carboxylic acids is 1. The van der Waals surface area contributed by atoms with Crippen molar-refractivity contribution in [3.05, 3.63) is 59.7 Å². The highest BCUT2D eigenvalue weighted by Gasteiger charge is 2.21. The van der Waals surface area contributed by atoms with E-state index in [4.69, 9.17) is 0 Å². The van der Waals surface area contributed by atoms with Gasteiger partial charge in [0.15, 0.2) is 0 Å². The van der Waals surface area contributed by atoms with Gasteiger partial charge in [0, 0.05) is 0 Å². The third kappa shape index (κ3) is 2.78. The van der Waals surface area contributed by atoms with E-state index in [9.17, 15) is 23.8 Å². The summed E-state index contributed by atoms with van der Waals surface area (Å²) in [6, 6.07) is 9.02. The lowest BCUT2D eigenvalue weighted by Crippen LogP contribution is -2.01. The fraction of sp³-hybridized carbons (Fsp3) is 0. The lowest BCUT2D eigenvalue weighted by molar-refractivity contribution is 0.0697. The number of hydrogen-bond acceptors (Lipinski definition) is 4. The summed E-state index contributed by atoms with van der Waals surface area (Å²) in [7, 11) is 0. The molecule has 116 valence electrons. The van der Waals surface area contributed by atoms with Crippen molar-refractivity contribution in [1.82, 2.24) is 4.98 Å². The number of hydrogen-bond donors (Lipinski definition) is 2. The Hall–Kier alpha value is -2.80. The zero-order valence-corrected chi connectivity index (χ0v) is 12.3. The standard InChI is InChI=1S/C16H9F2NO3S/c17-9-6-4-8(5-7-9)13-14(20)19-15(23-13)12-10(16(21)22)2-1-3-11(12)18/h1-7,20H,(H,21,22). The molecule has 4 nitrogen and oxygen atoms in total. The molecule has 3 rings (SSSR count). The van der Waals surface area contributed by atoms with E-state index in [0.29, 0.717) is 10.4 Å². The molecule has 1 aromatic heterocycles. The van der Waals surface area contributed by atoms with Crippen molar-refractivity contribution in [1.29, 1.82) is 0 Å². The largest absolute Gasteiger partial charge is 0.492 e. The van der Waals surface area contributed by atoms with E-state index in [1.807, 2.05) is 0 Å². The summed E-state index contributed by atoms with van der Waals surface area (Å²) in [5.74, 6) is -2.83. The van der Waals surface area contributed by atoms with Crippen LogP contribution in [0.5, 0.6) is 5.88 Å². The maximum Gasteiger partial charge on any atom is 0.336 e. The molecule has 23 heavy (non-hydrogen) atoms. The maximum absolute atomic E-state index is 14.1. The molecule has 0 bridgehead atoms. The van der Waals surface area contributed by atoms with Gasteiger partial charge in [-0.25, -0.2) is 18.6 Å². The minimum absolute atomic E-state index is 0.0392. The second kappa shape index (κ2) is 5.77. The van der Waals surface area contributed by atoms with Gasteiger partial charge in [0.05, 0.1) is 16.0 Å². The van der Waals surface area contributed by atoms with E-state index < -0.39 is 17.6 Å². The number of thiazole rings is 1. The Kier molecular flexibility index (Phi) is 3.79. The molecule has 3 aromatic rings. The summed E-state index contributed by atoms with van der Waals surface area (Å²) < 4.78 is 27.0. The quantitative estimate of drug-likeness (QED) is 0.755. The van der Waals surface area contributed by atoms with Gasteiger partial charge in [-0.15, -0.1) is 11.3 Å². The smallest absolute Gasteiger partial charge is 0.336 e. The Bertz CT molecular complexity index is 891. The number of carboxylic acid groups (broad SMARTS) is 1. The molecule has 0 amide bonds. The number of aromatic nitrogens is 1. The second-order valence-corrected chi connectivity index (χ2v) is 5.65. The fourth-order valence-corrected chi connectivity index (χ4v) is 3.15. The molecule has 0 radical (unpaired) electrons. The number of rotatable bonds is 3. The van der Waals surface area contributed by atoms with Crippen LogP contribution in [-0.2, 0) is 0 Å². The van der Waals surface area contributed by atoms with Crippen LogP contribution in [0.25, 0.3) is 21.0 Å². The maximum atomic E-state index is 14.1. The number of halogens is 2. The van der Waals surface area contributed by atoms with Crippen molar-refractivity contribution in [2.45, 2.75) is 0 Å². The zero-order valence-electron chi connectivity index (χ0n) is 11.5. The number of benzene rings is 2. The lowest BCUT2D eigenvalue weighted by atomic mass is 10.1. The Balaban J connectivity index is 2.15. The highest BCUT2D eigenvalue weighted by Crippen LogP contribution is 2.40. The SMILES string of the molecule is O=C(O)c1cccc(F)c1-c1nc(O)c(-c2ccc(F)cc2)s1. The first-order valence-electron chi connectivity index (χ1n) is 6.45. The van der Waals surface area contributed by atoms with Gasteiger partial charge in [-0.1, -0.05) is 18.2 Å². The predicted octanol–water partition coefficient (Wildman–Crippen LogP) is 4.16. The van der Waals surface area contributed by atoms with E-state index >= 15 is 0 Å². The van der Waals surface area contributed by atoms with Gasteiger partial charge in [-0.3, -0.25) is 0 Å². The molecular weight excluding hydrogens is 324 g/mol. The van der Waals surface area contributed by atoms with Gasteiger partial charge >= 0.3 is 5.97 Å². The third-order valence-electron chi connectivity index (χ3n) is 3.17. The summed E-state index contributed by atoms with van der Waals surface area (Å²) in [5, 5.41) is 19.2. The van der Waals surface area contributed by atoms with E-state index in [-0.39, 0.29) is 22.0 Å². The van der Waals surface area contributed by atoms with Crippen LogP contribution in [0.2, 0.25) is 0 Å². The van der Waals surface area contributed by atoms with E-state index in [1.54, 1.807) is 0 Å². The Morgan fingerprint density at radius 2 is 1.78 bits per heavy atom. The summed E-state index contributed by atoms with van der Waals surface area (Å²) in [5.41, 5.74) is 0.0685. The molecule has 0 aliphatic heterocycles. The second-order valence-electron chi connectivity index (χ2n) is 4.65. The van der Waals surface area contributed by atoms with Crippen LogP contribution in [0.4, 0.5) is 8.78 Å². The van der Waals surface area contributed by atoms with Crippen LogP contribution < -0.4 is 0 Å². The molecule has 0 aliphatic rings. The van der Waals surface area contributed by atoms with E-state index in [2.05, 4.69) is 4.98 Å². The predicted molar refractivity (Wildman–Crippen MR) is 81.5 cm³/mol. The van der Waals surface area contributed by atoms with Crippen LogP contribution >= 0.6 is 11.3 Å². The molecule has 2 aromatic carbocycles. The van der Waals surface area contributed by atoms with Crippen molar-refractivity contribution in [2.75, 3.05) is 0 Å². The van der Waals surface area contributed by atoms with Gasteiger partial charge in [-0.2, -0.15) is 0 Å². The van der Waals surface area contributed by atoms with Gasteiger partial charge < -0.3 is 10.2 Å². The Morgan fingerprint density at radius 1 is 1.09 bits per heavy atom. The Morgan fingerprint density at radius 3 is 2.43 bits per heavy atom. The molecule has 0 aliphatic carbocycles. The summed E-state index contributed by atoms with van der Waals surface area (Å²) in [6.45, 7) is 0. The highest BCUT2D eigenvalue weighted by atomic mass is 32.1. The van der Waals surface area contributed by atoms with Crippen molar-refractivity contribution < 1.29 is 23.8 Å². The first-order chi connectivity index (χ1) is 11.0. The zero-order chi connectivity index (χ0) is 16.6. The fourth-order valence-electron chi connectivity index (χ4n) is 2.13. The van der Waals surface area contributed by atoms with Gasteiger partial charge in [0.2, 0.25) is 5.88 Å². The summed E-state index contributed by atoms with van der Waals surface area (Å²) >= 11 is 0.930. The monoisotopic (exact) mass is 333 g/mol. The molecule has 0 atom stereocenters. The molecule has 1 heterocycles. The molecule has 0 fully saturated rings. The molecule has 0 spiro atoms. The van der Waals surface area contributed by atoms with Crippen LogP contribution in [0, 0.1) is 11.6 Å². The van der Waals surface area contributed by atoms with Gasteiger partial charge in [0.25, 0.3) is 0 Å². The van der Waals surface area contributed by atoms with E-state index in [0.717, 1.165) is 17.4 Å². The summed E-state index contributed by atoms with van der Waals surface area (Å²) in [4.78, 5) is 15.4. The van der Waals surface area contributed by atoms with Crippen LogP contribution in [0.15, 0.2) is 42.5 Å². The average Bonchev–Trinajstić information content (AvgIpc) is 2.89. The minimum Gasteiger partial charge on any atom is -0.492 e. The van der Waals surface area contributed by atoms with Gasteiger partial charge in [0.1, 0.15) is 16.6 Å². The number of nitrogens with zero attached hydrogens (tertiary/aromatic N) is 1. The molecule has 0 saturated carbocycles. The van der Waals surface area contributed by atoms with Crippen LogP contribution in [0.3, 0.4) is 0 Å². The number of aromatic carboxylic acids is 1. The average molecular weight is 333 g/mol. The van der Waals surface area contributed by atoms with Crippen molar-refractivity contribution in [3.63, 3.8) is 0 Å².